The Hall–Kier alpha value is -3.38. The first kappa shape index (κ1) is 19.9. The molecule has 0 saturated carbocycles. The van der Waals surface area contributed by atoms with E-state index in [0.717, 1.165) is 34.8 Å². The van der Waals surface area contributed by atoms with Gasteiger partial charge in [-0.25, -0.2) is 0 Å². The van der Waals surface area contributed by atoms with Gasteiger partial charge in [-0.1, -0.05) is 54.6 Å². The molecule has 4 aromatic rings. The lowest BCUT2D eigenvalue weighted by Crippen LogP contribution is -2.26. The van der Waals surface area contributed by atoms with Crippen LogP contribution in [-0.4, -0.2) is 28.8 Å². The molecule has 2 N–H and O–H groups in total. The average molecular weight is 417 g/mol. The van der Waals surface area contributed by atoms with Gasteiger partial charge in [0, 0.05) is 25.0 Å². The Bertz CT molecular complexity index is 1060. The number of benzene rings is 2. The van der Waals surface area contributed by atoms with Crippen LogP contribution in [0.15, 0.2) is 84.4 Å². The monoisotopic (exact) mass is 416 g/mol. The molecule has 6 heteroatoms. The number of thiophene rings is 1. The van der Waals surface area contributed by atoms with E-state index in [1.165, 1.54) is 0 Å². The van der Waals surface area contributed by atoms with Gasteiger partial charge in [-0.05, 0) is 35.6 Å². The van der Waals surface area contributed by atoms with E-state index < -0.39 is 0 Å². The first-order valence-electron chi connectivity index (χ1n) is 10.0. The zero-order chi connectivity index (χ0) is 20.6. The van der Waals surface area contributed by atoms with Crippen molar-refractivity contribution < 1.29 is 4.79 Å². The molecular formula is C24H24N4OS. The van der Waals surface area contributed by atoms with Gasteiger partial charge in [0.15, 0.2) is 0 Å². The summed E-state index contributed by atoms with van der Waals surface area (Å²) in [6, 6.07) is 24.2. The fourth-order valence-corrected chi connectivity index (χ4v) is 3.93. The maximum Gasteiger partial charge on any atom is 0.255 e. The Kier molecular flexibility index (Phi) is 6.57. The molecule has 2 heterocycles. The molecule has 0 atom stereocenters. The zero-order valence-electron chi connectivity index (χ0n) is 16.6. The van der Waals surface area contributed by atoms with E-state index in [1.54, 1.807) is 11.3 Å². The lowest BCUT2D eigenvalue weighted by molar-refractivity contribution is 0.0954. The first-order valence-corrected chi connectivity index (χ1v) is 10.9. The van der Waals surface area contributed by atoms with Gasteiger partial charge in [-0.2, -0.15) is 5.10 Å². The van der Waals surface area contributed by atoms with Crippen LogP contribution in [0.5, 0.6) is 0 Å². The number of carbonyl (C=O) groups is 1. The Morgan fingerprint density at radius 1 is 0.933 bits per heavy atom. The van der Waals surface area contributed by atoms with Gasteiger partial charge < -0.3 is 10.6 Å². The van der Waals surface area contributed by atoms with E-state index in [0.29, 0.717) is 18.7 Å². The normalized spacial score (nSPS) is 10.7. The summed E-state index contributed by atoms with van der Waals surface area (Å²) in [5.41, 5.74) is 3.59. The van der Waals surface area contributed by atoms with Gasteiger partial charge in [-0.15, -0.1) is 11.3 Å². The number of hydrogen-bond donors (Lipinski definition) is 2. The van der Waals surface area contributed by atoms with E-state index in [4.69, 9.17) is 5.10 Å². The van der Waals surface area contributed by atoms with E-state index in [-0.39, 0.29) is 5.91 Å². The van der Waals surface area contributed by atoms with Gasteiger partial charge in [0.05, 0.1) is 17.0 Å². The molecule has 152 valence electrons. The lowest BCUT2D eigenvalue weighted by atomic mass is 10.2. The van der Waals surface area contributed by atoms with Crippen LogP contribution in [-0.2, 0) is 6.54 Å². The minimum Gasteiger partial charge on any atom is -0.385 e. The van der Waals surface area contributed by atoms with Crippen molar-refractivity contribution in [3.63, 3.8) is 0 Å². The van der Waals surface area contributed by atoms with Gasteiger partial charge in [-0.3, -0.25) is 9.48 Å². The van der Waals surface area contributed by atoms with Crippen LogP contribution in [0.2, 0.25) is 0 Å². The second-order valence-electron chi connectivity index (χ2n) is 6.95. The van der Waals surface area contributed by atoms with Crippen LogP contribution < -0.4 is 10.6 Å². The van der Waals surface area contributed by atoms with Crippen LogP contribution in [0.25, 0.3) is 10.6 Å². The molecule has 30 heavy (non-hydrogen) atoms. The number of rotatable bonds is 9. The molecule has 0 bridgehead atoms. The van der Waals surface area contributed by atoms with Crippen molar-refractivity contribution in [3.8, 4) is 10.6 Å². The SMILES string of the molecule is O=C(NCCCNc1ccccc1)c1cn(Cc2ccccc2)nc1-c1cccs1. The van der Waals surface area contributed by atoms with Crippen molar-refractivity contribution in [2.24, 2.45) is 0 Å². The highest BCUT2D eigenvalue weighted by atomic mass is 32.1. The molecule has 0 aliphatic heterocycles. The molecule has 0 saturated heterocycles. The molecule has 0 aliphatic rings. The molecule has 2 aromatic heterocycles. The maximum absolute atomic E-state index is 12.9. The number of anilines is 1. The molecular weight excluding hydrogens is 392 g/mol. The van der Waals surface area contributed by atoms with E-state index in [1.807, 2.05) is 76.9 Å². The third-order valence-corrected chi connectivity index (χ3v) is 5.57. The number of hydrogen-bond acceptors (Lipinski definition) is 4. The molecule has 0 fully saturated rings. The predicted octanol–water partition coefficient (Wildman–Crippen LogP) is 4.89. The zero-order valence-corrected chi connectivity index (χ0v) is 17.4. The van der Waals surface area contributed by atoms with Crippen LogP contribution in [0.1, 0.15) is 22.3 Å². The highest BCUT2D eigenvalue weighted by molar-refractivity contribution is 7.13. The minimum atomic E-state index is -0.0857. The highest BCUT2D eigenvalue weighted by Gasteiger charge is 2.18. The third-order valence-electron chi connectivity index (χ3n) is 4.69. The number of nitrogens with one attached hydrogen (secondary N) is 2. The summed E-state index contributed by atoms with van der Waals surface area (Å²) in [7, 11) is 0. The second kappa shape index (κ2) is 9.89. The largest absolute Gasteiger partial charge is 0.385 e. The maximum atomic E-state index is 12.9. The van der Waals surface area contributed by atoms with Crippen LogP contribution in [0, 0.1) is 0 Å². The van der Waals surface area contributed by atoms with E-state index in [2.05, 4.69) is 22.8 Å². The Labute approximate surface area is 180 Å². The fourth-order valence-electron chi connectivity index (χ4n) is 3.21. The molecule has 0 aliphatic carbocycles. The summed E-state index contributed by atoms with van der Waals surface area (Å²) >= 11 is 1.59. The summed E-state index contributed by atoms with van der Waals surface area (Å²) in [4.78, 5) is 13.9. The Morgan fingerprint density at radius 3 is 2.43 bits per heavy atom. The van der Waals surface area contributed by atoms with E-state index in [9.17, 15) is 4.79 Å². The van der Waals surface area contributed by atoms with Crippen LogP contribution in [0.3, 0.4) is 0 Å². The average Bonchev–Trinajstić information content (AvgIpc) is 3.45. The van der Waals surface area contributed by atoms with Crippen LogP contribution >= 0.6 is 11.3 Å². The third kappa shape index (κ3) is 5.15. The van der Waals surface area contributed by atoms with Crippen molar-refractivity contribution in [3.05, 3.63) is 95.5 Å². The molecule has 5 nitrogen and oxygen atoms in total. The smallest absolute Gasteiger partial charge is 0.255 e. The summed E-state index contributed by atoms with van der Waals surface area (Å²) in [5.74, 6) is -0.0857. The molecule has 2 aromatic carbocycles. The van der Waals surface area contributed by atoms with Crippen molar-refractivity contribution >= 4 is 22.9 Å². The number of para-hydroxylation sites is 1. The van der Waals surface area contributed by atoms with Gasteiger partial charge in [0.2, 0.25) is 0 Å². The summed E-state index contributed by atoms with van der Waals surface area (Å²) in [6.45, 7) is 2.04. The molecule has 1 amide bonds. The van der Waals surface area contributed by atoms with Crippen molar-refractivity contribution in [1.29, 1.82) is 0 Å². The van der Waals surface area contributed by atoms with Crippen LogP contribution in [0.4, 0.5) is 5.69 Å². The van der Waals surface area contributed by atoms with Gasteiger partial charge in [0.1, 0.15) is 5.69 Å². The lowest BCUT2D eigenvalue weighted by Gasteiger charge is -2.07. The van der Waals surface area contributed by atoms with Gasteiger partial charge >= 0.3 is 0 Å². The Balaban J connectivity index is 1.39. The van der Waals surface area contributed by atoms with Gasteiger partial charge in [0.25, 0.3) is 5.91 Å². The highest BCUT2D eigenvalue weighted by Crippen LogP contribution is 2.27. The van der Waals surface area contributed by atoms with Crippen molar-refractivity contribution in [2.45, 2.75) is 13.0 Å². The number of nitrogens with zero attached hydrogens (tertiary/aromatic N) is 2. The standard InChI is InChI=1S/C24H24N4OS/c29-24(26-15-8-14-25-20-11-5-2-6-12-20)21-18-28(17-19-9-3-1-4-10-19)27-23(21)22-13-7-16-30-22/h1-7,9-13,16,18,25H,8,14-15,17H2,(H,26,29). The topological polar surface area (TPSA) is 59.0 Å². The first-order chi connectivity index (χ1) is 14.8. The molecule has 0 spiro atoms. The second-order valence-corrected chi connectivity index (χ2v) is 7.90. The number of carbonyl (C=O) groups excluding carboxylic acids is 1. The Morgan fingerprint density at radius 2 is 1.70 bits per heavy atom. The molecule has 0 unspecified atom stereocenters. The van der Waals surface area contributed by atoms with E-state index >= 15 is 0 Å². The number of amides is 1. The fraction of sp³-hybridized carbons (Fsp3) is 0.167. The number of aromatic nitrogens is 2. The molecule has 0 radical (unpaired) electrons. The summed E-state index contributed by atoms with van der Waals surface area (Å²) in [6.07, 6.45) is 2.69. The van der Waals surface area contributed by atoms with Crippen molar-refractivity contribution in [2.75, 3.05) is 18.4 Å². The molecule has 4 rings (SSSR count). The van der Waals surface area contributed by atoms with Crippen molar-refractivity contribution in [1.82, 2.24) is 15.1 Å². The quantitative estimate of drug-likeness (QED) is 0.382. The minimum absolute atomic E-state index is 0.0857. The summed E-state index contributed by atoms with van der Waals surface area (Å²) < 4.78 is 1.84. The summed E-state index contributed by atoms with van der Waals surface area (Å²) in [5, 5.41) is 13.1. The predicted molar refractivity (Wildman–Crippen MR) is 123 cm³/mol.